The fourth-order valence-corrected chi connectivity index (χ4v) is 4.16. The minimum absolute atomic E-state index is 0.0166. The molecule has 0 spiro atoms. The van der Waals surface area contributed by atoms with Gasteiger partial charge >= 0.3 is 5.97 Å². The lowest BCUT2D eigenvalue weighted by Gasteiger charge is -2.04. The molecule has 134 valence electrons. The number of ether oxygens (including phenoxy) is 1. The van der Waals surface area contributed by atoms with Gasteiger partial charge in [0.25, 0.3) is 5.91 Å². The summed E-state index contributed by atoms with van der Waals surface area (Å²) in [6.07, 6.45) is 4.10. The summed E-state index contributed by atoms with van der Waals surface area (Å²) >= 11 is 2.94. The maximum absolute atomic E-state index is 12.2. The van der Waals surface area contributed by atoms with Crippen LogP contribution in [0.3, 0.4) is 0 Å². The predicted molar refractivity (Wildman–Crippen MR) is 105 cm³/mol. The minimum atomic E-state index is -0.382. The topological polar surface area (TPSA) is 60.7 Å². The third kappa shape index (κ3) is 4.17. The average molecular weight is 386 g/mol. The van der Waals surface area contributed by atoms with Gasteiger partial charge in [0.05, 0.1) is 17.3 Å². The zero-order chi connectivity index (χ0) is 18.5. The van der Waals surface area contributed by atoms with Gasteiger partial charge in [-0.3, -0.25) is 9.59 Å². The van der Waals surface area contributed by atoms with Crippen LogP contribution >= 0.6 is 22.7 Å². The molecule has 0 radical (unpaired) electrons. The van der Waals surface area contributed by atoms with Gasteiger partial charge in [-0.15, -0.1) is 11.3 Å². The first-order valence-electron chi connectivity index (χ1n) is 8.10. The van der Waals surface area contributed by atoms with E-state index in [1.54, 1.807) is 22.0 Å². The van der Waals surface area contributed by atoms with E-state index >= 15 is 0 Å². The van der Waals surface area contributed by atoms with Gasteiger partial charge in [0.15, 0.2) is 4.80 Å². The molecule has 0 aliphatic rings. The van der Waals surface area contributed by atoms with Crippen molar-refractivity contribution in [1.82, 2.24) is 4.57 Å². The van der Waals surface area contributed by atoms with Crippen molar-refractivity contribution >= 4 is 50.8 Å². The summed E-state index contributed by atoms with van der Waals surface area (Å²) in [5.41, 5.74) is 2.06. The van der Waals surface area contributed by atoms with Crippen LogP contribution in [-0.4, -0.2) is 23.6 Å². The molecule has 3 aromatic rings. The molecule has 5 nitrogen and oxygen atoms in total. The number of aromatic nitrogens is 1. The number of esters is 1. The molecule has 7 heteroatoms. The summed E-state index contributed by atoms with van der Waals surface area (Å²) in [6, 6.07) is 9.90. The Morgan fingerprint density at radius 3 is 2.85 bits per heavy atom. The molecule has 0 aliphatic carbocycles. The third-order valence-electron chi connectivity index (χ3n) is 3.81. The van der Waals surface area contributed by atoms with Crippen molar-refractivity contribution in [3.8, 4) is 0 Å². The SMILES string of the molecule is CCc1ccc2c(c1)sc(=NC(=O)C=Cc1cccs1)n2CC(=O)OC. The molecule has 0 saturated heterocycles. The largest absolute Gasteiger partial charge is 0.468 e. The number of aryl methyl sites for hydroxylation is 1. The molecule has 0 aliphatic heterocycles. The number of nitrogens with zero attached hydrogens (tertiary/aromatic N) is 2. The Labute approximate surface area is 158 Å². The Bertz CT molecular complexity index is 1030. The summed E-state index contributed by atoms with van der Waals surface area (Å²) in [5, 5.41) is 1.95. The number of hydrogen-bond donors (Lipinski definition) is 0. The number of rotatable bonds is 5. The number of thiophene rings is 1. The van der Waals surface area contributed by atoms with Crippen LogP contribution in [0.1, 0.15) is 17.4 Å². The summed E-state index contributed by atoms with van der Waals surface area (Å²) in [6.45, 7) is 2.10. The minimum Gasteiger partial charge on any atom is -0.468 e. The highest BCUT2D eigenvalue weighted by molar-refractivity contribution is 7.16. The molecule has 0 N–H and O–H groups in total. The molecule has 2 heterocycles. The lowest BCUT2D eigenvalue weighted by Crippen LogP contribution is -2.22. The molecule has 0 bridgehead atoms. The number of methoxy groups -OCH3 is 1. The highest BCUT2D eigenvalue weighted by atomic mass is 32.1. The van der Waals surface area contributed by atoms with Gasteiger partial charge in [0.1, 0.15) is 6.54 Å². The molecule has 0 atom stereocenters. The fourth-order valence-electron chi connectivity index (χ4n) is 2.44. The number of benzene rings is 1. The average Bonchev–Trinajstić information content (AvgIpc) is 3.28. The summed E-state index contributed by atoms with van der Waals surface area (Å²) in [7, 11) is 1.35. The van der Waals surface area contributed by atoms with Gasteiger partial charge in [-0.25, -0.2) is 0 Å². The second-order valence-electron chi connectivity index (χ2n) is 5.50. The monoisotopic (exact) mass is 386 g/mol. The van der Waals surface area contributed by atoms with Crippen LogP contribution in [0.2, 0.25) is 0 Å². The highest BCUT2D eigenvalue weighted by Crippen LogP contribution is 2.20. The van der Waals surface area contributed by atoms with E-state index in [0.717, 1.165) is 21.5 Å². The van der Waals surface area contributed by atoms with Crippen LogP contribution in [-0.2, 0) is 27.3 Å². The number of carbonyl (C=O) groups is 2. The highest BCUT2D eigenvalue weighted by Gasteiger charge is 2.11. The summed E-state index contributed by atoms with van der Waals surface area (Å²) < 4.78 is 7.49. The fraction of sp³-hybridized carbons (Fsp3) is 0.211. The van der Waals surface area contributed by atoms with Crippen LogP contribution < -0.4 is 4.80 Å². The van der Waals surface area contributed by atoms with E-state index in [2.05, 4.69) is 18.0 Å². The van der Waals surface area contributed by atoms with Crippen molar-refractivity contribution in [3.63, 3.8) is 0 Å². The summed E-state index contributed by atoms with van der Waals surface area (Å²) in [5.74, 6) is -0.744. The number of fused-ring (bicyclic) bond motifs is 1. The van der Waals surface area contributed by atoms with Crippen molar-refractivity contribution in [1.29, 1.82) is 0 Å². The molecule has 2 aromatic heterocycles. The van der Waals surface area contributed by atoms with Gasteiger partial charge in [-0.2, -0.15) is 4.99 Å². The maximum Gasteiger partial charge on any atom is 0.325 e. The van der Waals surface area contributed by atoms with E-state index in [0.29, 0.717) is 4.80 Å². The lowest BCUT2D eigenvalue weighted by molar-refractivity contribution is -0.141. The maximum atomic E-state index is 12.2. The molecule has 0 fully saturated rings. The van der Waals surface area contributed by atoms with E-state index in [9.17, 15) is 9.59 Å². The number of carbonyl (C=O) groups excluding carboxylic acids is 2. The first-order chi connectivity index (χ1) is 12.6. The molecule has 1 aromatic carbocycles. The summed E-state index contributed by atoms with van der Waals surface area (Å²) in [4.78, 5) is 29.7. The lowest BCUT2D eigenvalue weighted by atomic mass is 10.2. The van der Waals surface area contributed by atoms with Gasteiger partial charge in [0, 0.05) is 11.0 Å². The van der Waals surface area contributed by atoms with Crippen LogP contribution in [0.5, 0.6) is 0 Å². The van der Waals surface area contributed by atoms with Crippen LogP contribution in [0.25, 0.3) is 16.3 Å². The smallest absolute Gasteiger partial charge is 0.325 e. The van der Waals surface area contributed by atoms with Gasteiger partial charge < -0.3 is 9.30 Å². The van der Waals surface area contributed by atoms with Gasteiger partial charge in [-0.05, 0) is 41.6 Å². The van der Waals surface area contributed by atoms with Crippen LogP contribution in [0.15, 0.2) is 46.8 Å². The van der Waals surface area contributed by atoms with Crippen molar-refractivity contribution in [2.24, 2.45) is 4.99 Å². The Morgan fingerprint density at radius 2 is 2.15 bits per heavy atom. The van der Waals surface area contributed by atoms with Crippen molar-refractivity contribution in [2.75, 3.05) is 7.11 Å². The van der Waals surface area contributed by atoms with E-state index in [1.807, 2.05) is 29.6 Å². The number of hydrogen-bond acceptors (Lipinski definition) is 5. The quantitative estimate of drug-likeness (QED) is 0.497. The number of amides is 1. The van der Waals surface area contributed by atoms with Crippen LogP contribution in [0, 0.1) is 0 Å². The second kappa shape index (κ2) is 8.25. The normalized spacial score (nSPS) is 12.2. The molecule has 3 rings (SSSR count). The van der Waals surface area contributed by atoms with E-state index < -0.39 is 0 Å². The van der Waals surface area contributed by atoms with E-state index in [4.69, 9.17) is 4.74 Å². The molecule has 0 unspecified atom stereocenters. The van der Waals surface area contributed by atoms with E-state index in [-0.39, 0.29) is 18.4 Å². The molecular formula is C19H18N2O3S2. The Kier molecular flexibility index (Phi) is 5.80. The first-order valence-corrected chi connectivity index (χ1v) is 9.79. The third-order valence-corrected chi connectivity index (χ3v) is 5.69. The first kappa shape index (κ1) is 18.3. The van der Waals surface area contributed by atoms with Gasteiger partial charge in [0.2, 0.25) is 0 Å². The van der Waals surface area contributed by atoms with Crippen molar-refractivity contribution in [3.05, 3.63) is 57.0 Å². The Morgan fingerprint density at radius 1 is 1.31 bits per heavy atom. The van der Waals surface area contributed by atoms with Crippen molar-refractivity contribution < 1.29 is 14.3 Å². The number of thiazole rings is 1. The zero-order valence-corrected chi connectivity index (χ0v) is 16.1. The van der Waals surface area contributed by atoms with Crippen molar-refractivity contribution in [2.45, 2.75) is 19.9 Å². The molecule has 1 amide bonds. The van der Waals surface area contributed by atoms with Crippen LogP contribution in [0.4, 0.5) is 0 Å². The van der Waals surface area contributed by atoms with Gasteiger partial charge in [-0.1, -0.05) is 30.4 Å². The molecular weight excluding hydrogens is 368 g/mol. The van der Waals surface area contributed by atoms with E-state index in [1.165, 1.54) is 30.1 Å². The molecule has 0 saturated carbocycles. The second-order valence-corrected chi connectivity index (χ2v) is 7.49. The Hall–Kier alpha value is -2.51. The Balaban J connectivity index is 2.03. The zero-order valence-electron chi connectivity index (χ0n) is 14.5. The molecule has 26 heavy (non-hydrogen) atoms. The standard InChI is InChI=1S/C19H18N2O3S2/c1-3-13-6-8-15-16(11-13)26-19(21(15)12-18(23)24-2)20-17(22)9-7-14-5-4-10-25-14/h4-11H,3,12H2,1-2H3. The predicted octanol–water partition coefficient (Wildman–Crippen LogP) is 3.64.